The van der Waals surface area contributed by atoms with Crippen LogP contribution in [0.15, 0.2) is 18.2 Å². The first-order chi connectivity index (χ1) is 11.4. The molecule has 0 aromatic heterocycles. The van der Waals surface area contributed by atoms with Gasteiger partial charge >= 0.3 is 6.09 Å². The lowest BCUT2D eigenvalue weighted by atomic mass is 10.2. The van der Waals surface area contributed by atoms with Crippen molar-refractivity contribution in [2.75, 3.05) is 33.4 Å². The first-order valence-electron chi connectivity index (χ1n) is 7.82. The zero-order valence-corrected chi connectivity index (χ0v) is 14.7. The molecule has 0 unspecified atom stereocenters. The minimum Gasteiger partial charge on any atom is -0.488 e. The van der Waals surface area contributed by atoms with E-state index in [9.17, 15) is 9.59 Å². The maximum atomic E-state index is 11.5. The van der Waals surface area contributed by atoms with Gasteiger partial charge in [-0.2, -0.15) is 0 Å². The van der Waals surface area contributed by atoms with Gasteiger partial charge in [-0.05, 0) is 46.0 Å². The Kier molecular flexibility index (Phi) is 8.05. The Morgan fingerprint density at radius 3 is 2.42 bits per heavy atom. The third-order valence-electron chi connectivity index (χ3n) is 2.74. The quantitative estimate of drug-likeness (QED) is 0.529. The number of hydrogen-bond donors (Lipinski definition) is 2. The summed E-state index contributed by atoms with van der Waals surface area (Å²) >= 11 is 0. The summed E-state index contributed by atoms with van der Waals surface area (Å²) in [7, 11) is 1.83. The standard InChI is InChI=1S/C17H26N2O5/c1-17(2,3)24-16(21)19-8-10-23-15-11-13(12-20)5-6-14(15)22-9-7-18-4/h5-6,11-12,18H,7-10H2,1-4H3,(H,19,21). The second kappa shape index (κ2) is 9.77. The van der Waals surface area contributed by atoms with Gasteiger partial charge < -0.3 is 24.8 Å². The van der Waals surface area contributed by atoms with Gasteiger partial charge in [0.1, 0.15) is 25.1 Å². The number of aldehydes is 1. The topological polar surface area (TPSA) is 85.9 Å². The summed E-state index contributed by atoms with van der Waals surface area (Å²) in [4.78, 5) is 22.4. The summed E-state index contributed by atoms with van der Waals surface area (Å²) in [6.45, 7) is 7.05. The first-order valence-corrected chi connectivity index (χ1v) is 7.82. The Bertz CT molecular complexity index is 540. The van der Waals surface area contributed by atoms with Crippen molar-refractivity contribution in [2.24, 2.45) is 0 Å². The second-order valence-corrected chi connectivity index (χ2v) is 6.05. The highest BCUT2D eigenvalue weighted by Crippen LogP contribution is 2.27. The molecule has 7 heteroatoms. The Hall–Kier alpha value is -2.28. The van der Waals surface area contributed by atoms with E-state index in [1.807, 2.05) is 7.05 Å². The number of ether oxygens (including phenoxy) is 3. The minimum atomic E-state index is -0.544. The third kappa shape index (κ3) is 7.82. The molecule has 1 amide bonds. The van der Waals surface area contributed by atoms with Crippen LogP contribution in [0, 0.1) is 0 Å². The van der Waals surface area contributed by atoms with Gasteiger partial charge in [-0.15, -0.1) is 0 Å². The summed E-state index contributed by atoms with van der Waals surface area (Å²) in [5.41, 5.74) is -0.0524. The maximum absolute atomic E-state index is 11.5. The number of hydrogen-bond acceptors (Lipinski definition) is 6. The van der Waals surface area contributed by atoms with Gasteiger partial charge in [-0.1, -0.05) is 0 Å². The highest BCUT2D eigenvalue weighted by Gasteiger charge is 2.15. The largest absolute Gasteiger partial charge is 0.488 e. The molecule has 2 N–H and O–H groups in total. The van der Waals surface area contributed by atoms with E-state index in [2.05, 4.69) is 10.6 Å². The van der Waals surface area contributed by atoms with Crippen LogP contribution in [0.3, 0.4) is 0 Å². The number of benzene rings is 1. The SMILES string of the molecule is CNCCOc1ccc(C=O)cc1OCCNC(=O)OC(C)(C)C. The normalized spacial score (nSPS) is 10.8. The van der Waals surface area contributed by atoms with Gasteiger partial charge in [0.25, 0.3) is 0 Å². The van der Waals surface area contributed by atoms with E-state index in [4.69, 9.17) is 14.2 Å². The summed E-state index contributed by atoms with van der Waals surface area (Å²) in [5.74, 6) is 1.01. The van der Waals surface area contributed by atoms with Gasteiger partial charge in [0, 0.05) is 12.1 Å². The molecule has 0 heterocycles. The number of carbonyl (C=O) groups excluding carboxylic acids is 2. The van der Waals surface area contributed by atoms with E-state index in [-0.39, 0.29) is 13.2 Å². The zero-order chi connectivity index (χ0) is 18.0. The van der Waals surface area contributed by atoms with E-state index in [0.717, 1.165) is 6.29 Å². The molecule has 1 aromatic rings. The lowest BCUT2D eigenvalue weighted by Crippen LogP contribution is -2.34. The zero-order valence-electron chi connectivity index (χ0n) is 14.7. The van der Waals surface area contributed by atoms with Crippen LogP contribution in [0.4, 0.5) is 4.79 Å². The van der Waals surface area contributed by atoms with Gasteiger partial charge in [0.2, 0.25) is 0 Å². The van der Waals surface area contributed by atoms with Gasteiger partial charge in [0.05, 0.1) is 6.54 Å². The molecule has 0 saturated carbocycles. The second-order valence-electron chi connectivity index (χ2n) is 6.05. The summed E-state index contributed by atoms with van der Waals surface area (Å²) in [5, 5.41) is 5.58. The van der Waals surface area contributed by atoms with Crippen LogP contribution in [0.25, 0.3) is 0 Å². The number of nitrogens with one attached hydrogen (secondary N) is 2. The molecule has 0 bridgehead atoms. The van der Waals surface area contributed by atoms with Gasteiger partial charge in [-0.3, -0.25) is 4.79 Å². The lowest BCUT2D eigenvalue weighted by molar-refractivity contribution is 0.0520. The first kappa shape index (κ1) is 19.8. The fraction of sp³-hybridized carbons (Fsp3) is 0.529. The molecule has 0 aliphatic carbocycles. The molecule has 24 heavy (non-hydrogen) atoms. The summed E-state index contributed by atoms with van der Waals surface area (Å²) < 4.78 is 16.4. The molecule has 1 aromatic carbocycles. The molecule has 0 saturated heterocycles. The van der Waals surface area contributed by atoms with Crippen molar-refractivity contribution < 1.29 is 23.8 Å². The number of rotatable bonds is 9. The maximum Gasteiger partial charge on any atom is 0.407 e. The fourth-order valence-electron chi connectivity index (χ4n) is 1.72. The number of carbonyl (C=O) groups is 2. The molecule has 0 spiro atoms. The predicted molar refractivity (Wildman–Crippen MR) is 91.0 cm³/mol. The number of alkyl carbamates (subject to hydrolysis) is 1. The Balaban J connectivity index is 2.52. The number of likely N-dealkylation sites (N-methyl/N-ethyl adjacent to an activating group) is 1. The van der Waals surface area contributed by atoms with Gasteiger partial charge in [0.15, 0.2) is 11.5 Å². The van der Waals surface area contributed by atoms with E-state index in [1.54, 1.807) is 39.0 Å². The molecule has 0 aliphatic rings. The highest BCUT2D eigenvalue weighted by molar-refractivity contribution is 5.76. The third-order valence-corrected chi connectivity index (χ3v) is 2.74. The van der Waals surface area contributed by atoms with Crippen LogP contribution in [-0.2, 0) is 4.74 Å². The van der Waals surface area contributed by atoms with E-state index >= 15 is 0 Å². The van der Waals surface area contributed by atoms with Crippen molar-refractivity contribution >= 4 is 12.4 Å². The smallest absolute Gasteiger partial charge is 0.407 e. The highest BCUT2D eigenvalue weighted by atomic mass is 16.6. The van der Waals surface area contributed by atoms with Crippen LogP contribution < -0.4 is 20.1 Å². The molecule has 0 atom stereocenters. The van der Waals surface area contributed by atoms with Crippen molar-refractivity contribution in [3.8, 4) is 11.5 Å². The predicted octanol–water partition coefficient (Wildman–Crippen LogP) is 2.00. The molecular weight excluding hydrogens is 312 g/mol. The molecule has 134 valence electrons. The van der Waals surface area contributed by atoms with Crippen molar-refractivity contribution in [2.45, 2.75) is 26.4 Å². The average molecular weight is 338 g/mol. The lowest BCUT2D eigenvalue weighted by Gasteiger charge is -2.19. The number of amides is 1. The molecule has 0 aliphatic heterocycles. The van der Waals surface area contributed by atoms with Crippen molar-refractivity contribution in [3.63, 3.8) is 0 Å². The van der Waals surface area contributed by atoms with Crippen molar-refractivity contribution in [1.29, 1.82) is 0 Å². The van der Waals surface area contributed by atoms with Crippen LogP contribution in [0.5, 0.6) is 11.5 Å². The Morgan fingerprint density at radius 2 is 1.79 bits per heavy atom. The molecule has 1 rings (SSSR count). The Morgan fingerprint density at radius 1 is 1.12 bits per heavy atom. The minimum absolute atomic E-state index is 0.226. The summed E-state index contributed by atoms with van der Waals surface area (Å²) in [6.07, 6.45) is 0.238. The average Bonchev–Trinajstić information content (AvgIpc) is 2.51. The van der Waals surface area contributed by atoms with Crippen molar-refractivity contribution in [3.05, 3.63) is 23.8 Å². The van der Waals surface area contributed by atoms with Crippen LogP contribution in [0.1, 0.15) is 31.1 Å². The molecule has 0 fully saturated rings. The van der Waals surface area contributed by atoms with Crippen LogP contribution in [-0.4, -0.2) is 51.3 Å². The van der Waals surface area contributed by atoms with Crippen LogP contribution in [0.2, 0.25) is 0 Å². The van der Waals surface area contributed by atoms with Crippen LogP contribution >= 0.6 is 0 Å². The van der Waals surface area contributed by atoms with Gasteiger partial charge in [-0.25, -0.2) is 4.79 Å². The fourth-order valence-corrected chi connectivity index (χ4v) is 1.72. The van der Waals surface area contributed by atoms with E-state index in [0.29, 0.717) is 30.2 Å². The van der Waals surface area contributed by atoms with E-state index < -0.39 is 11.7 Å². The monoisotopic (exact) mass is 338 g/mol. The summed E-state index contributed by atoms with van der Waals surface area (Å²) in [6, 6.07) is 4.96. The molecule has 7 nitrogen and oxygen atoms in total. The molecular formula is C17H26N2O5. The van der Waals surface area contributed by atoms with Crippen molar-refractivity contribution in [1.82, 2.24) is 10.6 Å². The Labute approximate surface area is 142 Å². The molecule has 0 radical (unpaired) electrons. The van der Waals surface area contributed by atoms with E-state index in [1.165, 1.54) is 0 Å².